The van der Waals surface area contributed by atoms with Crippen LogP contribution in [0.3, 0.4) is 0 Å². The molecule has 33 heavy (non-hydrogen) atoms. The van der Waals surface area contributed by atoms with E-state index in [9.17, 15) is 14.4 Å². The fourth-order valence-electron chi connectivity index (χ4n) is 6.24. The van der Waals surface area contributed by atoms with Crippen LogP contribution in [0.4, 0.5) is 0 Å². The van der Waals surface area contributed by atoms with Crippen molar-refractivity contribution >= 4 is 52.4 Å². The van der Waals surface area contributed by atoms with Crippen LogP contribution in [0.1, 0.15) is 58.6 Å². The van der Waals surface area contributed by atoms with Crippen LogP contribution >= 0.6 is 34.7 Å². The number of benzene rings is 1. The fourth-order valence-corrected chi connectivity index (χ4v) is 8.05. The molecular weight excluding hydrogens is 478 g/mol. The summed E-state index contributed by atoms with van der Waals surface area (Å²) >= 11 is 8.36. The normalized spacial score (nSPS) is 27.4. The molecule has 4 fully saturated rings. The molecule has 4 aliphatic carbocycles. The lowest BCUT2D eigenvalue weighted by Gasteiger charge is -2.56. The van der Waals surface area contributed by atoms with Crippen LogP contribution in [0.5, 0.6) is 0 Å². The molecule has 0 aliphatic heterocycles. The Kier molecular flexibility index (Phi) is 6.56. The van der Waals surface area contributed by atoms with Gasteiger partial charge in [-0.05, 0) is 80.5 Å². The molecule has 0 unspecified atom stereocenters. The second kappa shape index (κ2) is 9.43. The Hall–Kier alpha value is -1.83. The van der Waals surface area contributed by atoms with Crippen LogP contribution in [-0.4, -0.2) is 35.6 Å². The zero-order valence-corrected chi connectivity index (χ0v) is 20.6. The van der Waals surface area contributed by atoms with Gasteiger partial charge in [0.1, 0.15) is 0 Å². The number of nitrogens with one attached hydrogen (secondary N) is 1. The largest absolute Gasteiger partial charge is 0.454 e. The predicted octanol–water partition coefficient (Wildman–Crippen LogP) is 5.62. The van der Waals surface area contributed by atoms with Crippen LogP contribution in [0.25, 0.3) is 0 Å². The van der Waals surface area contributed by atoms with Crippen molar-refractivity contribution in [3.63, 3.8) is 0 Å². The van der Waals surface area contributed by atoms with E-state index in [0.717, 1.165) is 48.4 Å². The molecule has 0 atom stereocenters. The van der Waals surface area contributed by atoms with Crippen molar-refractivity contribution in [3.8, 4) is 0 Å². The number of hydrogen-bond acceptors (Lipinski definition) is 6. The van der Waals surface area contributed by atoms with Gasteiger partial charge in [-0.2, -0.15) is 0 Å². The summed E-state index contributed by atoms with van der Waals surface area (Å²) < 4.78 is 5.77. The molecule has 1 aromatic heterocycles. The van der Waals surface area contributed by atoms with E-state index in [1.54, 1.807) is 30.3 Å². The number of ether oxygens (including phenoxy) is 1. The molecule has 174 valence electrons. The molecule has 0 spiro atoms. The summed E-state index contributed by atoms with van der Waals surface area (Å²) in [6.45, 7) is -0.346. The minimum atomic E-state index is -0.574. The Balaban J connectivity index is 1.16. The third-order valence-electron chi connectivity index (χ3n) is 7.09. The van der Waals surface area contributed by atoms with Crippen LogP contribution in [0.15, 0.2) is 41.3 Å². The summed E-state index contributed by atoms with van der Waals surface area (Å²) in [4.78, 5) is 38.8. The summed E-state index contributed by atoms with van der Waals surface area (Å²) in [5, 5.41) is 3.37. The van der Waals surface area contributed by atoms with Gasteiger partial charge >= 0.3 is 5.97 Å². The minimum absolute atomic E-state index is 0.0180. The predicted molar refractivity (Wildman–Crippen MR) is 130 cm³/mol. The van der Waals surface area contributed by atoms with Gasteiger partial charge in [-0.1, -0.05) is 23.7 Å². The maximum absolute atomic E-state index is 12.9. The third-order valence-corrected chi connectivity index (χ3v) is 9.44. The fraction of sp³-hybridized carbons (Fsp3) is 0.480. The standard InChI is InChI=1S/C25H26ClNO4S2/c26-22-6-5-21(33-22)19(28)13-31-24(30)18-3-1-2-4-20(18)32-14-23(29)27-25-10-15-7-16(11-25)9-17(8-15)12-25/h1-6,15-17H,7-14H2,(H,27,29). The number of halogens is 1. The first-order valence-electron chi connectivity index (χ1n) is 11.4. The van der Waals surface area contributed by atoms with Crippen molar-refractivity contribution in [1.29, 1.82) is 0 Å². The summed E-state index contributed by atoms with van der Waals surface area (Å²) in [6.07, 6.45) is 7.34. The number of amides is 1. The zero-order chi connectivity index (χ0) is 23.0. The second-order valence-corrected chi connectivity index (χ2v) is 12.4. The quantitative estimate of drug-likeness (QED) is 0.287. The molecule has 2 aromatic rings. The van der Waals surface area contributed by atoms with E-state index in [0.29, 0.717) is 19.7 Å². The summed E-state index contributed by atoms with van der Waals surface area (Å²) in [6, 6.07) is 10.3. The Morgan fingerprint density at radius 3 is 2.33 bits per heavy atom. The van der Waals surface area contributed by atoms with Crippen LogP contribution in [0, 0.1) is 17.8 Å². The van der Waals surface area contributed by atoms with E-state index >= 15 is 0 Å². The smallest absolute Gasteiger partial charge is 0.339 e. The molecule has 5 nitrogen and oxygen atoms in total. The first kappa shape index (κ1) is 22.9. The van der Waals surface area contributed by atoms with Gasteiger partial charge in [0.15, 0.2) is 6.61 Å². The second-order valence-electron chi connectivity index (χ2n) is 9.63. The Morgan fingerprint density at radius 2 is 1.70 bits per heavy atom. The molecule has 1 N–H and O–H groups in total. The molecule has 0 radical (unpaired) electrons. The first-order valence-corrected chi connectivity index (χ1v) is 13.6. The van der Waals surface area contributed by atoms with Crippen molar-refractivity contribution in [2.45, 2.75) is 49.0 Å². The van der Waals surface area contributed by atoms with Crippen LogP contribution < -0.4 is 5.32 Å². The number of carbonyl (C=O) groups excluding carboxylic acids is 3. The van der Waals surface area contributed by atoms with E-state index in [4.69, 9.17) is 16.3 Å². The highest BCUT2D eigenvalue weighted by molar-refractivity contribution is 8.00. The number of carbonyl (C=O) groups is 3. The van der Waals surface area contributed by atoms with Gasteiger partial charge in [0.05, 0.1) is 20.5 Å². The average molecular weight is 504 g/mol. The molecule has 0 saturated heterocycles. The number of rotatable bonds is 8. The van der Waals surface area contributed by atoms with Gasteiger partial charge in [0.2, 0.25) is 11.7 Å². The molecule has 4 saturated carbocycles. The van der Waals surface area contributed by atoms with Gasteiger partial charge < -0.3 is 10.1 Å². The summed E-state index contributed by atoms with van der Waals surface area (Å²) in [5.41, 5.74) is 0.345. The molecule has 4 bridgehead atoms. The van der Waals surface area contributed by atoms with Crippen LogP contribution in [0.2, 0.25) is 4.34 Å². The van der Waals surface area contributed by atoms with E-state index in [1.165, 1.54) is 31.0 Å². The molecule has 6 rings (SSSR count). The molecule has 4 aliphatic rings. The van der Waals surface area contributed by atoms with E-state index in [1.807, 2.05) is 6.07 Å². The number of thiophene rings is 1. The molecule has 1 amide bonds. The van der Waals surface area contributed by atoms with Crippen molar-refractivity contribution in [2.24, 2.45) is 17.8 Å². The van der Waals surface area contributed by atoms with Gasteiger partial charge in [-0.3, -0.25) is 9.59 Å². The minimum Gasteiger partial charge on any atom is -0.454 e. The van der Waals surface area contributed by atoms with Gasteiger partial charge in [0, 0.05) is 10.4 Å². The molecule has 1 heterocycles. The topological polar surface area (TPSA) is 72.5 Å². The highest BCUT2D eigenvalue weighted by Crippen LogP contribution is 2.55. The number of ketones is 1. The van der Waals surface area contributed by atoms with E-state index in [-0.39, 0.29) is 29.6 Å². The Labute approximate surface area is 206 Å². The summed E-state index contributed by atoms with van der Waals surface area (Å²) in [7, 11) is 0. The van der Waals surface area contributed by atoms with E-state index in [2.05, 4.69) is 5.32 Å². The average Bonchev–Trinajstić information content (AvgIpc) is 3.21. The van der Waals surface area contributed by atoms with Gasteiger partial charge in [0.25, 0.3) is 0 Å². The molecular formula is C25H26ClNO4S2. The highest BCUT2D eigenvalue weighted by atomic mass is 35.5. The van der Waals surface area contributed by atoms with Gasteiger partial charge in [-0.25, -0.2) is 4.79 Å². The van der Waals surface area contributed by atoms with E-state index < -0.39 is 5.97 Å². The molecule has 1 aromatic carbocycles. The van der Waals surface area contributed by atoms with Gasteiger partial charge in [-0.15, -0.1) is 23.1 Å². The lowest BCUT2D eigenvalue weighted by molar-refractivity contribution is -0.124. The lowest BCUT2D eigenvalue weighted by atomic mass is 9.53. The molecule has 8 heteroatoms. The monoisotopic (exact) mass is 503 g/mol. The van der Waals surface area contributed by atoms with Crippen molar-refractivity contribution in [1.82, 2.24) is 5.32 Å². The number of hydrogen-bond donors (Lipinski definition) is 1. The number of esters is 1. The summed E-state index contributed by atoms with van der Waals surface area (Å²) in [5.74, 6) is 1.72. The lowest BCUT2D eigenvalue weighted by Crippen LogP contribution is -2.60. The van der Waals surface area contributed by atoms with Crippen molar-refractivity contribution < 1.29 is 19.1 Å². The maximum atomic E-state index is 12.9. The first-order chi connectivity index (χ1) is 15.9. The Bertz CT molecular complexity index is 1050. The highest BCUT2D eigenvalue weighted by Gasteiger charge is 2.51. The number of Topliss-reactive ketones (excluding diaryl/α,β-unsaturated/α-hetero) is 1. The Morgan fingerprint density at radius 1 is 1.03 bits per heavy atom. The third kappa shape index (κ3) is 5.15. The van der Waals surface area contributed by atoms with Crippen LogP contribution in [-0.2, 0) is 9.53 Å². The van der Waals surface area contributed by atoms with Crippen molar-refractivity contribution in [2.75, 3.05) is 12.4 Å². The zero-order valence-electron chi connectivity index (χ0n) is 18.2. The maximum Gasteiger partial charge on any atom is 0.339 e. The number of thioether (sulfide) groups is 1. The SMILES string of the molecule is O=C(CSc1ccccc1C(=O)OCC(=O)c1ccc(Cl)s1)NC12CC3CC(CC(C3)C1)C2. The van der Waals surface area contributed by atoms with Crippen molar-refractivity contribution in [3.05, 3.63) is 51.2 Å².